The van der Waals surface area contributed by atoms with Gasteiger partial charge in [-0.05, 0) is 12.1 Å². The van der Waals surface area contributed by atoms with Gasteiger partial charge in [0.1, 0.15) is 4.99 Å². The monoisotopic (exact) mass is 275 g/mol. The lowest BCUT2D eigenvalue weighted by Gasteiger charge is -2.29. The maximum Gasteiger partial charge on any atom is 0.416 e. The molecule has 6 heteroatoms. The lowest BCUT2D eigenvalue weighted by molar-refractivity contribution is -0.137. The molecule has 1 aliphatic heterocycles. The Morgan fingerprint density at radius 1 is 1.11 bits per heavy atom. The van der Waals surface area contributed by atoms with Gasteiger partial charge in [-0.25, -0.2) is 0 Å². The molecule has 1 heterocycles. The number of hydrogen-bond acceptors (Lipinski definition) is 2. The van der Waals surface area contributed by atoms with Crippen molar-refractivity contribution < 1.29 is 17.9 Å². The van der Waals surface area contributed by atoms with Crippen molar-refractivity contribution in [3.8, 4) is 0 Å². The van der Waals surface area contributed by atoms with E-state index in [9.17, 15) is 13.2 Å². The second kappa shape index (κ2) is 5.24. The normalized spacial score (nSPS) is 16.7. The minimum absolute atomic E-state index is 0.576. The van der Waals surface area contributed by atoms with Crippen molar-refractivity contribution >= 4 is 17.2 Å². The number of thiocarbonyl (C=S) groups is 1. The Morgan fingerprint density at radius 3 is 2.17 bits per heavy atom. The van der Waals surface area contributed by atoms with Gasteiger partial charge in [0, 0.05) is 18.7 Å². The largest absolute Gasteiger partial charge is 0.416 e. The molecule has 0 bridgehead atoms. The lowest BCUT2D eigenvalue weighted by Crippen LogP contribution is -2.40. The molecule has 0 unspecified atom stereocenters. The fourth-order valence-electron chi connectivity index (χ4n) is 1.75. The van der Waals surface area contributed by atoms with Gasteiger partial charge in [0.15, 0.2) is 0 Å². The molecule has 0 amide bonds. The van der Waals surface area contributed by atoms with Crippen LogP contribution in [0, 0.1) is 0 Å². The molecular formula is C12H12F3NOS. The number of benzene rings is 1. The Balaban J connectivity index is 2.11. The van der Waals surface area contributed by atoms with Gasteiger partial charge in [-0.3, -0.25) is 0 Å². The molecule has 1 aliphatic rings. The molecule has 0 atom stereocenters. The Bertz CT molecular complexity index is 424. The summed E-state index contributed by atoms with van der Waals surface area (Å²) in [7, 11) is 0. The molecule has 0 spiro atoms. The zero-order chi connectivity index (χ0) is 13.2. The van der Waals surface area contributed by atoms with Crippen LogP contribution in [0.4, 0.5) is 13.2 Å². The summed E-state index contributed by atoms with van der Waals surface area (Å²) in [6.07, 6.45) is -4.31. The molecule has 0 N–H and O–H groups in total. The zero-order valence-corrected chi connectivity index (χ0v) is 10.4. The molecule has 2 nitrogen and oxygen atoms in total. The van der Waals surface area contributed by atoms with E-state index in [0.29, 0.717) is 36.9 Å². The third-order valence-corrected chi connectivity index (χ3v) is 3.25. The second-order valence-corrected chi connectivity index (χ2v) is 4.37. The highest BCUT2D eigenvalue weighted by Gasteiger charge is 2.30. The minimum atomic E-state index is -4.31. The van der Waals surface area contributed by atoms with Gasteiger partial charge >= 0.3 is 6.18 Å². The van der Waals surface area contributed by atoms with Crippen molar-refractivity contribution in [2.75, 3.05) is 26.3 Å². The van der Waals surface area contributed by atoms with E-state index in [1.165, 1.54) is 12.1 Å². The highest BCUT2D eigenvalue weighted by Crippen LogP contribution is 2.29. The molecular weight excluding hydrogens is 263 g/mol. The van der Waals surface area contributed by atoms with Crippen LogP contribution in [0.15, 0.2) is 24.3 Å². The first-order valence-corrected chi connectivity index (χ1v) is 5.93. The van der Waals surface area contributed by atoms with E-state index in [1.54, 1.807) is 0 Å². The van der Waals surface area contributed by atoms with Crippen molar-refractivity contribution in [3.63, 3.8) is 0 Å². The van der Waals surface area contributed by atoms with E-state index < -0.39 is 11.7 Å². The van der Waals surface area contributed by atoms with Gasteiger partial charge in [-0.15, -0.1) is 0 Å². The van der Waals surface area contributed by atoms with Crippen LogP contribution in [0.1, 0.15) is 11.1 Å². The van der Waals surface area contributed by atoms with Crippen LogP contribution in [-0.4, -0.2) is 36.2 Å². The second-order valence-electron chi connectivity index (χ2n) is 3.98. The molecule has 1 saturated heterocycles. The Labute approximate surface area is 108 Å². The third kappa shape index (κ3) is 3.00. The van der Waals surface area contributed by atoms with Crippen LogP contribution in [0.5, 0.6) is 0 Å². The molecule has 0 radical (unpaired) electrons. The van der Waals surface area contributed by atoms with Crippen LogP contribution in [0.2, 0.25) is 0 Å². The topological polar surface area (TPSA) is 12.5 Å². The summed E-state index contributed by atoms with van der Waals surface area (Å²) in [6.45, 7) is 2.56. The Morgan fingerprint density at radius 2 is 1.67 bits per heavy atom. The van der Waals surface area contributed by atoms with E-state index in [4.69, 9.17) is 17.0 Å². The average molecular weight is 275 g/mol. The maximum atomic E-state index is 12.4. The van der Waals surface area contributed by atoms with Crippen molar-refractivity contribution in [2.24, 2.45) is 0 Å². The van der Waals surface area contributed by atoms with E-state index >= 15 is 0 Å². The highest BCUT2D eigenvalue weighted by molar-refractivity contribution is 7.80. The van der Waals surface area contributed by atoms with Crippen LogP contribution in [0.25, 0.3) is 0 Å². The standard InChI is InChI=1S/C12H12F3NOS/c13-12(14,15)10-3-1-9(2-4-10)11(18)16-5-7-17-8-6-16/h1-4H,5-8H2. The molecule has 1 fully saturated rings. The quantitative estimate of drug-likeness (QED) is 0.731. The number of hydrogen-bond donors (Lipinski definition) is 0. The number of halogens is 3. The van der Waals surface area contributed by atoms with E-state index in [-0.39, 0.29) is 0 Å². The molecule has 0 aliphatic carbocycles. The fraction of sp³-hybridized carbons (Fsp3) is 0.417. The van der Waals surface area contributed by atoms with Crippen LogP contribution in [-0.2, 0) is 10.9 Å². The number of ether oxygens (including phenoxy) is 1. The zero-order valence-electron chi connectivity index (χ0n) is 9.54. The predicted molar refractivity (Wildman–Crippen MR) is 65.5 cm³/mol. The number of morpholine rings is 1. The van der Waals surface area contributed by atoms with E-state index in [1.807, 2.05) is 4.90 Å². The smallest absolute Gasteiger partial charge is 0.378 e. The van der Waals surface area contributed by atoms with Gasteiger partial charge in [-0.2, -0.15) is 13.2 Å². The predicted octanol–water partition coefficient (Wildman–Crippen LogP) is 2.71. The van der Waals surface area contributed by atoms with Crippen LogP contribution < -0.4 is 0 Å². The summed E-state index contributed by atoms with van der Waals surface area (Å²) >= 11 is 5.27. The fourth-order valence-corrected chi connectivity index (χ4v) is 2.07. The first-order chi connectivity index (χ1) is 8.48. The van der Waals surface area contributed by atoms with Gasteiger partial charge in [-0.1, -0.05) is 24.4 Å². The minimum Gasteiger partial charge on any atom is -0.378 e. The lowest BCUT2D eigenvalue weighted by atomic mass is 10.1. The maximum absolute atomic E-state index is 12.4. The molecule has 98 valence electrons. The summed E-state index contributed by atoms with van der Waals surface area (Å²) in [6, 6.07) is 4.95. The summed E-state index contributed by atoms with van der Waals surface area (Å²) in [4.78, 5) is 2.52. The summed E-state index contributed by atoms with van der Waals surface area (Å²) in [5.41, 5.74) is -0.0177. The van der Waals surface area contributed by atoms with Gasteiger partial charge in [0.2, 0.25) is 0 Å². The van der Waals surface area contributed by atoms with Crippen molar-refractivity contribution in [1.29, 1.82) is 0 Å². The SMILES string of the molecule is FC(F)(F)c1ccc(C(=S)N2CCOCC2)cc1. The highest BCUT2D eigenvalue weighted by atomic mass is 32.1. The first kappa shape index (κ1) is 13.3. The molecule has 0 saturated carbocycles. The van der Waals surface area contributed by atoms with E-state index in [2.05, 4.69) is 0 Å². The van der Waals surface area contributed by atoms with Crippen molar-refractivity contribution in [3.05, 3.63) is 35.4 Å². The third-order valence-electron chi connectivity index (χ3n) is 2.76. The summed E-state index contributed by atoms with van der Waals surface area (Å²) < 4.78 is 42.4. The van der Waals surface area contributed by atoms with Crippen LogP contribution in [0.3, 0.4) is 0 Å². The van der Waals surface area contributed by atoms with Crippen LogP contribution >= 0.6 is 12.2 Å². The number of alkyl halides is 3. The van der Waals surface area contributed by atoms with Gasteiger partial charge < -0.3 is 9.64 Å². The van der Waals surface area contributed by atoms with E-state index in [0.717, 1.165) is 12.1 Å². The molecule has 0 aromatic heterocycles. The van der Waals surface area contributed by atoms with Crippen molar-refractivity contribution in [2.45, 2.75) is 6.18 Å². The molecule has 2 rings (SSSR count). The Kier molecular flexibility index (Phi) is 3.87. The summed E-state index contributed by atoms with van der Waals surface area (Å²) in [5, 5.41) is 0. The van der Waals surface area contributed by atoms with Gasteiger partial charge in [0.25, 0.3) is 0 Å². The first-order valence-electron chi connectivity index (χ1n) is 5.53. The molecule has 18 heavy (non-hydrogen) atoms. The summed E-state index contributed by atoms with van der Waals surface area (Å²) in [5.74, 6) is 0. The Hall–Kier alpha value is -1.14. The van der Waals surface area contributed by atoms with Crippen molar-refractivity contribution in [1.82, 2.24) is 4.90 Å². The molecule has 1 aromatic carbocycles. The number of nitrogens with zero attached hydrogens (tertiary/aromatic N) is 1. The molecule has 1 aromatic rings. The number of rotatable bonds is 1. The average Bonchev–Trinajstić information content (AvgIpc) is 2.38. The van der Waals surface area contributed by atoms with Gasteiger partial charge in [0.05, 0.1) is 18.8 Å².